The summed E-state index contributed by atoms with van der Waals surface area (Å²) in [5, 5.41) is 0. The Bertz CT molecular complexity index is 714. The molecule has 5 atom stereocenters. The average Bonchev–Trinajstić information content (AvgIpc) is 3.27. The predicted molar refractivity (Wildman–Crippen MR) is 93.6 cm³/mol. The van der Waals surface area contributed by atoms with Crippen molar-refractivity contribution >= 4 is 17.2 Å². The van der Waals surface area contributed by atoms with Crippen LogP contribution in [0.25, 0.3) is 0 Å². The van der Waals surface area contributed by atoms with Crippen molar-refractivity contribution in [3.63, 3.8) is 0 Å². The second-order valence-electron chi connectivity index (χ2n) is 9.20. The van der Waals surface area contributed by atoms with Gasteiger partial charge >= 0.3 is 0 Å². The zero-order valence-corrected chi connectivity index (χ0v) is 13.8. The van der Waals surface area contributed by atoms with Crippen molar-refractivity contribution < 1.29 is 1.43 Å². The lowest BCUT2D eigenvalue weighted by atomic mass is 9.43. The summed E-state index contributed by atoms with van der Waals surface area (Å²) in [4.78, 5) is 0.831. The van der Waals surface area contributed by atoms with Crippen LogP contribution in [-0.2, 0) is 5.41 Å². The van der Waals surface area contributed by atoms with Crippen LogP contribution in [0.4, 0.5) is 0 Å². The fourth-order valence-electron chi connectivity index (χ4n) is 8.16. The van der Waals surface area contributed by atoms with Crippen molar-refractivity contribution in [2.75, 3.05) is 0 Å². The van der Waals surface area contributed by atoms with Crippen molar-refractivity contribution in [3.05, 3.63) is 35.9 Å². The van der Waals surface area contributed by atoms with Gasteiger partial charge in [-0.3, -0.25) is 0 Å². The largest absolute Gasteiger partial charge is 0.393 e. The van der Waals surface area contributed by atoms with Crippen LogP contribution in [0.3, 0.4) is 0 Å². The smallest absolute Gasteiger partial charge is 0.0790 e. The number of benzene rings is 1. The summed E-state index contributed by atoms with van der Waals surface area (Å²) in [6.45, 7) is 0. The van der Waals surface area contributed by atoms with Gasteiger partial charge in [-0.2, -0.15) is 0 Å². The van der Waals surface area contributed by atoms with Crippen LogP contribution in [0.5, 0.6) is 0 Å². The number of hydrogen-bond acceptors (Lipinski definition) is 1. The monoisotopic (exact) mass is 311 g/mol. The van der Waals surface area contributed by atoms with Crippen LogP contribution >= 0.6 is 12.2 Å². The Morgan fingerprint density at radius 1 is 1.09 bits per heavy atom. The molecule has 2 heteroatoms. The summed E-state index contributed by atoms with van der Waals surface area (Å²) in [5.41, 5.74) is 9.75. The van der Waals surface area contributed by atoms with Gasteiger partial charge in [0.2, 0.25) is 0 Å². The molecule has 5 aliphatic carbocycles. The molecule has 5 aliphatic rings. The van der Waals surface area contributed by atoms with Crippen molar-refractivity contribution in [2.45, 2.75) is 50.4 Å². The molecule has 2 spiro atoms. The van der Waals surface area contributed by atoms with E-state index in [1.54, 1.807) is 5.56 Å². The highest BCUT2D eigenvalue weighted by atomic mass is 32.1. The van der Waals surface area contributed by atoms with Crippen LogP contribution in [0.15, 0.2) is 30.3 Å². The number of nitrogens with two attached hydrogens (primary N) is 1. The topological polar surface area (TPSA) is 26.0 Å². The Balaban J connectivity index is 0.00000121. The standard InChI is InChI=1S/C20H23NS.H2/c21-16(22)17-8-14-9-20(12-17)15(18(14)6-7-18)10-19(20,11-17)13-4-2-1-3-5-13;/h1-5,14-15H,6-12H2,(H2,21,22);1H. The summed E-state index contributed by atoms with van der Waals surface area (Å²) in [5.74, 6) is 1.89. The molecule has 0 radical (unpaired) electrons. The maximum absolute atomic E-state index is 6.35. The quantitative estimate of drug-likeness (QED) is 0.817. The molecule has 22 heavy (non-hydrogen) atoms. The van der Waals surface area contributed by atoms with Crippen molar-refractivity contribution in [1.29, 1.82) is 0 Å². The molecule has 1 aromatic rings. The predicted octanol–water partition coefficient (Wildman–Crippen LogP) is 4.45. The highest BCUT2D eigenvalue weighted by Crippen LogP contribution is 2.91. The molecule has 5 unspecified atom stereocenters. The summed E-state index contributed by atoms with van der Waals surface area (Å²) in [6, 6.07) is 11.4. The number of hydrogen-bond donors (Lipinski definition) is 1. The highest BCUT2D eigenvalue weighted by Gasteiger charge is 2.85. The molecule has 116 valence electrons. The van der Waals surface area contributed by atoms with Gasteiger partial charge in [-0.15, -0.1) is 0 Å². The zero-order chi connectivity index (χ0) is 14.8. The Kier molecular flexibility index (Phi) is 1.88. The van der Waals surface area contributed by atoms with E-state index in [1.165, 1.54) is 44.9 Å². The summed E-state index contributed by atoms with van der Waals surface area (Å²) >= 11 is 5.63. The molecule has 6 rings (SSSR count). The molecule has 0 amide bonds. The van der Waals surface area contributed by atoms with Gasteiger partial charge in [0, 0.05) is 12.3 Å². The van der Waals surface area contributed by atoms with E-state index >= 15 is 0 Å². The van der Waals surface area contributed by atoms with Gasteiger partial charge in [0.05, 0.1) is 4.99 Å². The number of fused-ring (bicyclic) bond motifs is 4. The highest BCUT2D eigenvalue weighted by molar-refractivity contribution is 7.80. The van der Waals surface area contributed by atoms with E-state index in [0.29, 0.717) is 16.2 Å². The maximum Gasteiger partial charge on any atom is 0.0790 e. The molecule has 0 saturated heterocycles. The number of thiocarbonyl (C=S) groups is 1. The Hall–Kier alpha value is -0.890. The minimum Gasteiger partial charge on any atom is -0.393 e. The lowest BCUT2D eigenvalue weighted by Crippen LogP contribution is -2.57. The normalized spacial score (nSPS) is 51.6. The zero-order valence-electron chi connectivity index (χ0n) is 13.0. The second-order valence-corrected chi connectivity index (χ2v) is 9.64. The lowest BCUT2D eigenvalue weighted by molar-refractivity contribution is -0.0580. The molecular weight excluding hydrogens is 286 g/mol. The first kappa shape index (κ1) is 12.5. The van der Waals surface area contributed by atoms with Gasteiger partial charge in [0.25, 0.3) is 0 Å². The molecule has 2 N–H and O–H groups in total. The molecular formula is C20H25NS. The van der Waals surface area contributed by atoms with E-state index in [-0.39, 0.29) is 6.84 Å². The molecule has 5 fully saturated rings. The first-order chi connectivity index (χ1) is 10.6. The first-order valence-electron chi connectivity index (χ1n) is 8.93. The Morgan fingerprint density at radius 2 is 1.86 bits per heavy atom. The first-order valence-corrected chi connectivity index (χ1v) is 9.33. The van der Waals surface area contributed by atoms with Gasteiger partial charge in [0.1, 0.15) is 0 Å². The van der Waals surface area contributed by atoms with E-state index in [1.807, 2.05) is 0 Å². The minimum atomic E-state index is 0. The van der Waals surface area contributed by atoms with Crippen LogP contribution in [0.2, 0.25) is 0 Å². The van der Waals surface area contributed by atoms with Crippen LogP contribution in [0, 0.1) is 28.1 Å². The van der Waals surface area contributed by atoms with Gasteiger partial charge in [-0.1, -0.05) is 42.5 Å². The lowest BCUT2D eigenvalue weighted by Gasteiger charge is -2.61. The summed E-state index contributed by atoms with van der Waals surface area (Å²) < 4.78 is 0. The third-order valence-corrected chi connectivity index (χ3v) is 9.33. The molecule has 1 aromatic carbocycles. The van der Waals surface area contributed by atoms with Gasteiger partial charge in [-0.25, -0.2) is 0 Å². The SMILES string of the molecule is NC(=S)C12CC3CC4(C1)C(CC4(c1ccccc1)C2)C31CC1.[HH]. The third-order valence-electron chi connectivity index (χ3n) is 8.90. The summed E-state index contributed by atoms with van der Waals surface area (Å²) in [7, 11) is 0. The molecule has 3 bridgehead atoms. The molecule has 5 saturated carbocycles. The van der Waals surface area contributed by atoms with E-state index in [2.05, 4.69) is 30.3 Å². The average molecular weight is 311 g/mol. The fourth-order valence-corrected chi connectivity index (χ4v) is 8.38. The fraction of sp³-hybridized carbons (Fsp3) is 0.650. The number of rotatable bonds is 2. The van der Waals surface area contributed by atoms with Crippen LogP contribution in [0.1, 0.15) is 51.9 Å². The molecule has 0 aromatic heterocycles. The van der Waals surface area contributed by atoms with Crippen molar-refractivity contribution in [2.24, 2.45) is 33.8 Å². The van der Waals surface area contributed by atoms with E-state index in [0.717, 1.165) is 16.8 Å². The Morgan fingerprint density at radius 3 is 2.55 bits per heavy atom. The van der Waals surface area contributed by atoms with Gasteiger partial charge in [0.15, 0.2) is 0 Å². The molecule has 1 nitrogen and oxygen atoms in total. The second kappa shape index (κ2) is 3.31. The van der Waals surface area contributed by atoms with Crippen molar-refractivity contribution in [1.82, 2.24) is 0 Å². The van der Waals surface area contributed by atoms with E-state index < -0.39 is 0 Å². The third kappa shape index (κ3) is 1.03. The molecule has 0 heterocycles. The molecule has 0 aliphatic heterocycles. The summed E-state index contributed by atoms with van der Waals surface area (Å²) in [6.07, 6.45) is 9.70. The van der Waals surface area contributed by atoms with Gasteiger partial charge in [-0.05, 0) is 73.2 Å². The van der Waals surface area contributed by atoms with Crippen LogP contribution in [-0.4, -0.2) is 4.99 Å². The van der Waals surface area contributed by atoms with Crippen LogP contribution < -0.4 is 5.73 Å². The van der Waals surface area contributed by atoms with E-state index in [4.69, 9.17) is 18.0 Å². The Labute approximate surface area is 139 Å². The minimum absolute atomic E-state index is 0. The van der Waals surface area contributed by atoms with Crippen molar-refractivity contribution in [3.8, 4) is 0 Å². The van der Waals surface area contributed by atoms with Gasteiger partial charge < -0.3 is 5.73 Å². The van der Waals surface area contributed by atoms with E-state index in [9.17, 15) is 0 Å². The maximum atomic E-state index is 6.35.